The molecule has 1 radical (unpaired) electrons. The summed E-state index contributed by atoms with van der Waals surface area (Å²) in [7, 11) is 0. The van der Waals surface area contributed by atoms with E-state index in [-0.39, 0.29) is 25.5 Å². The van der Waals surface area contributed by atoms with E-state index in [9.17, 15) is 0 Å². The first-order valence-corrected chi connectivity index (χ1v) is 21.2. The van der Waals surface area contributed by atoms with Crippen LogP contribution in [0.2, 0.25) is 0 Å². The molecule has 0 atom stereocenters. The van der Waals surface area contributed by atoms with Crippen LogP contribution in [0, 0.1) is 12.1 Å². The first-order valence-electron chi connectivity index (χ1n) is 20.4. The molecule has 5 heteroatoms. The first kappa shape index (κ1) is 38.7. The van der Waals surface area contributed by atoms with Crippen molar-refractivity contribution in [1.29, 1.82) is 0 Å². The van der Waals surface area contributed by atoms with Gasteiger partial charge in [0.25, 0.3) is 0 Å². The molecule has 0 unspecified atom stereocenters. The molecule has 0 saturated carbocycles. The summed E-state index contributed by atoms with van der Waals surface area (Å²) in [4.78, 5) is 9.67. The van der Waals surface area contributed by atoms with Crippen molar-refractivity contribution in [3.05, 3.63) is 200 Å². The first-order chi connectivity index (χ1) is 29.4. The Balaban J connectivity index is 0.000000296. The molecule has 3 nitrogen and oxygen atoms in total. The third-order valence-corrected chi connectivity index (χ3v) is 12.9. The molecule has 0 bridgehead atoms. The summed E-state index contributed by atoms with van der Waals surface area (Å²) in [5, 5.41) is 12.3. The SMILES string of the molecule is CC(C)(C)c1ccc2cc3c(cc2c1)sc1c(-c2nc4cccc5c6ccccc6c6ccccc6c6ccccc6n2c45)[c-]ccc13.[Ir].[c-]1ccccc1-c1ccccn1. The number of hydrogen-bond donors (Lipinski definition) is 0. The van der Waals surface area contributed by atoms with E-state index in [4.69, 9.17) is 4.98 Å². The number of nitrogens with zero attached hydrogens (tertiary/aromatic N) is 3. The van der Waals surface area contributed by atoms with Gasteiger partial charge in [0.05, 0.1) is 16.9 Å². The van der Waals surface area contributed by atoms with Crippen LogP contribution in [0.25, 0.3) is 102 Å². The zero-order valence-corrected chi connectivity index (χ0v) is 37.1. The number of benzene rings is 8. The topological polar surface area (TPSA) is 30.2 Å². The Hall–Kier alpha value is -6.49. The quantitative estimate of drug-likeness (QED) is 0.162. The number of rotatable bonds is 2. The molecule has 0 N–H and O–H groups in total. The number of aromatic nitrogens is 3. The van der Waals surface area contributed by atoms with Gasteiger partial charge in [-0.15, -0.1) is 54.1 Å². The summed E-state index contributed by atoms with van der Waals surface area (Å²) in [6.07, 6.45) is 1.79. The summed E-state index contributed by atoms with van der Waals surface area (Å²) < 4.78 is 4.90. The minimum Gasteiger partial charge on any atom is -0.332 e. The third kappa shape index (κ3) is 6.71. The van der Waals surface area contributed by atoms with Crippen molar-refractivity contribution in [2.45, 2.75) is 26.2 Å². The Bertz CT molecular complexity index is 3600. The van der Waals surface area contributed by atoms with Gasteiger partial charge in [0.2, 0.25) is 0 Å². The molecule has 4 heterocycles. The van der Waals surface area contributed by atoms with Crippen molar-refractivity contribution in [3.8, 4) is 22.6 Å². The fourth-order valence-corrected chi connectivity index (χ4v) is 9.96. The van der Waals surface area contributed by atoms with Crippen LogP contribution >= 0.6 is 11.3 Å². The van der Waals surface area contributed by atoms with E-state index in [0.717, 1.165) is 39.2 Å². The van der Waals surface area contributed by atoms with Crippen molar-refractivity contribution in [2.24, 2.45) is 0 Å². The van der Waals surface area contributed by atoms with Crippen LogP contribution in [0.15, 0.2) is 182 Å². The largest absolute Gasteiger partial charge is 0.332 e. The van der Waals surface area contributed by atoms with Crippen molar-refractivity contribution in [3.63, 3.8) is 0 Å². The summed E-state index contributed by atoms with van der Waals surface area (Å²) in [5.74, 6) is 0.915. The van der Waals surface area contributed by atoms with E-state index in [1.165, 1.54) is 68.8 Å². The molecule has 8 aromatic carbocycles. The average Bonchev–Trinajstić information content (AvgIpc) is 3.87. The fraction of sp³-hybridized carbons (Fsp3) is 0.0714. The Morgan fingerprint density at radius 2 is 1.23 bits per heavy atom. The maximum Gasteiger partial charge on any atom is 0.0780 e. The Labute approximate surface area is 372 Å². The molecule has 0 aliphatic carbocycles. The molecule has 0 aliphatic heterocycles. The van der Waals surface area contributed by atoms with Gasteiger partial charge in [-0.2, -0.15) is 11.3 Å². The molecule has 4 aromatic heterocycles. The smallest absolute Gasteiger partial charge is 0.0780 e. The minimum absolute atomic E-state index is 0. The van der Waals surface area contributed by atoms with Gasteiger partial charge in [-0.3, -0.25) is 4.98 Å². The second kappa shape index (κ2) is 15.5. The van der Waals surface area contributed by atoms with E-state index in [0.29, 0.717) is 0 Å². The average molecular weight is 978 g/mol. The number of pyridine rings is 1. The second-order valence-electron chi connectivity index (χ2n) is 16.4. The van der Waals surface area contributed by atoms with Gasteiger partial charge < -0.3 is 9.38 Å². The van der Waals surface area contributed by atoms with Gasteiger partial charge in [-0.25, -0.2) is 0 Å². The predicted octanol–water partition coefficient (Wildman–Crippen LogP) is 15.3. The minimum atomic E-state index is 0. The molecular formula is C56H39IrN3S-2. The van der Waals surface area contributed by atoms with Gasteiger partial charge in [-0.05, 0) is 89.4 Å². The standard InChI is InChI=1S/C45H31N2S.C11H8N.Ir/c1-45(2,3)29-23-22-27-25-38-36-18-10-19-37(43(36)48-41(38)26-28(27)24-29)44-46-39-20-11-17-35-33-15-7-5-13-31(33)30-12-4-6-14-32(30)34-16-8-9-21-40(34)47(44)42(35)39;1-2-6-10(7-3-1)11-8-4-5-9-12-11;/h4-18,20-26H,1-3H3;1-6,8-9H;/q2*-1;. The zero-order valence-electron chi connectivity index (χ0n) is 33.9. The molecule has 12 rings (SSSR count). The molecular weight excluding hydrogens is 939 g/mol. The van der Waals surface area contributed by atoms with Gasteiger partial charge >= 0.3 is 0 Å². The Kier molecular flexibility index (Phi) is 9.84. The van der Waals surface area contributed by atoms with E-state index in [1.807, 2.05) is 53.8 Å². The van der Waals surface area contributed by atoms with Gasteiger partial charge in [0.1, 0.15) is 0 Å². The molecule has 0 amide bonds. The van der Waals surface area contributed by atoms with Crippen LogP contribution in [0.5, 0.6) is 0 Å². The van der Waals surface area contributed by atoms with Crippen LogP contribution in [0.4, 0.5) is 0 Å². The van der Waals surface area contributed by atoms with Crippen LogP contribution in [-0.4, -0.2) is 14.4 Å². The maximum absolute atomic E-state index is 5.45. The van der Waals surface area contributed by atoms with Gasteiger partial charge in [0.15, 0.2) is 0 Å². The number of para-hydroxylation sites is 2. The van der Waals surface area contributed by atoms with Crippen molar-refractivity contribution in [1.82, 2.24) is 14.4 Å². The fourth-order valence-electron chi connectivity index (χ4n) is 8.74. The molecule has 61 heavy (non-hydrogen) atoms. The van der Waals surface area contributed by atoms with Crippen LogP contribution in [-0.2, 0) is 25.5 Å². The summed E-state index contributed by atoms with van der Waals surface area (Å²) in [6.45, 7) is 6.84. The van der Waals surface area contributed by atoms with Gasteiger partial charge in [-0.1, -0.05) is 141 Å². The van der Waals surface area contributed by atoms with Crippen LogP contribution in [0.1, 0.15) is 26.3 Å². The number of imidazole rings is 1. The van der Waals surface area contributed by atoms with Crippen LogP contribution in [0.3, 0.4) is 0 Å². The number of fused-ring (bicyclic) bond motifs is 11. The molecule has 12 aromatic rings. The summed E-state index contributed by atoms with van der Waals surface area (Å²) in [6, 6.07) is 69.4. The van der Waals surface area contributed by atoms with Crippen LogP contribution < -0.4 is 0 Å². The van der Waals surface area contributed by atoms with E-state index < -0.39 is 0 Å². The Morgan fingerprint density at radius 1 is 0.541 bits per heavy atom. The predicted molar refractivity (Wildman–Crippen MR) is 256 cm³/mol. The normalized spacial score (nSPS) is 11.7. The summed E-state index contributed by atoms with van der Waals surface area (Å²) in [5.41, 5.74) is 7.71. The van der Waals surface area contributed by atoms with Crippen molar-refractivity contribution >= 4 is 91.1 Å². The maximum atomic E-state index is 5.45. The molecule has 0 spiro atoms. The molecule has 0 aliphatic rings. The molecule has 0 fully saturated rings. The zero-order chi connectivity index (χ0) is 40.4. The third-order valence-electron chi connectivity index (χ3n) is 11.7. The van der Waals surface area contributed by atoms with Crippen molar-refractivity contribution < 1.29 is 20.1 Å². The monoisotopic (exact) mass is 978 g/mol. The molecule has 295 valence electrons. The van der Waals surface area contributed by atoms with Crippen molar-refractivity contribution in [2.75, 3.05) is 0 Å². The molecule has 0 saturated heterocycles. The Morgan fingerprint density at radius 3 is 1.95 bits per heavy atom. The number of hydrogen-bond acceptors (Lipinski definition) is 3. The second-order valence-corrected chi connectivity index (χ2v) is 17.5. The number of thiophene rings is 1. The summed E-state index contributed by atoms with van der Waals surface area (Å²) >= 11 is 1.85. The van der Waals surface area contributed by atoms with E-state index >= 15 is 0 Å². The van der Waals surface area contributed by atoms with E-state index in [2.05, 4.69) is 176 Å². The van der Waals surface area contributed by atoms with Gasteiger partial charge in [0, 0.05) is 47.3 Å². The van der Waals surface area contributed by atoms with E-state index in [1.54, 1.807) is 6.20 Å².